The summed E-state index contributed by atoms with van der Waals surface area (Å²) in [7, 11) is 0. The molecule has 1 aromatic carbocycles. The summed E-state index contributed by atoms with van der Waals surface area (Å²) in [5.41, 5.74) is 0.219. The number of hydrogen-bond acceptors (Lipinski definition) is 3. The SMILES string of the molecule is O=C1NCCN(C(=O)CCc2ccco2)C1c1ccccc1F. The first kappa shape index (κ1) is 15.3. The Kier molecular flexibility index (Phi) is 4.41. The van der Waals surface area contributed by atoms with Crippen molar-refractivity contribution >= 4 is 11.8 Å². The summed E-state index contributed by atoms with van der Waals surface area (Å²) in [6.07, 6.45) is 2.22. The Bertz CT molecular complexity index is 700. The molecule has 6 heteroatoms. The minimum atomic E-state index is -0.922. The third-order valence-corrected chi connectivity index (χ3v) is 3.90. The molecule has 1 aliphatic heterocycles. The number of aryl methyl sites for hydroxylation is 1. The maximum atomic E-state index is 14.1. The second kappa shape index (κ2) is 6.64. The summed E-state index contributed by atoms with van der Waals surface area (Å²) < 4.78 is 19.3. The lowest BCUT2D eigenvalue weighted by Crippen LogP contribution is -2.52. The molecular formula is C17H17FN2O3. The van der Waals surface area contributed by atoms with Gasteiger partial charge in [0.05, 0.1) is 6.26 Å². The van der Waals surface area contributed by atoms with Crippen molar-refractivity contribution in [3.63, 3.8) is 0 Å². The molecule has 5 nitrogen and oxygen atoms in total. The number of nitrogens with one attached hydrogen (secondary N) is 1. The van der Waals surface area contributed by atoms with Crippen LogP contribution in [0.25, 0.3) is 0 Å². The average Bonchev–Trinajstić information content (AvgIpc) is 3.07. The van der Waals surface area contributed by atoms with E-state index >= 15 is 0 Å². The summed E-state index contributed by atoms with van der Waals surface area (Å²) in [6, 6.07) is 8.68. The molecular weight excluding hydrogens is 299 g/mol. The van der Waals surface area contributed by atoms with Gasteiger partial charge in [0.2, 0.25) is 11.8 Å². The van der Waals surface area contributed by atoms with Crippen molar-refractivity contribution in [2.75, 3.05) is 13.1 Å². The van der Waals surface area contributed by atoms with E-state index in [9.17, 15) is 14.0 Å². The fraction of sp³-hybridized carbons (Fsp3) is 0.294. The van der Waals surface area contributed by atoms with Gasteiger partial charge in [-0.3, -0.25) is 9.59 Å². The van der Waals surface area contributed by atoms with E-state index in [1.165, 1.54) is 17.0 Å². The van der Waals surface area contributed by atoms with Crippen LogP contribution in [-0.2, 0) is 16.0 Å². The number of hydrogen-bond donors (Lipinski definition) is 1. The lowest BCUT2D eigenvalue weighted by atomic mass is 10.0. The highest BCUT2D eigenvalue weighted by Gasteiger charge is 2.35. The first-order chi connectivity index (χ1) is 11.2. The molecule has 0 bridgehead atoms. The summed E-state index contributed by atoms with van der Waals surface area (Å²) in [5, 5.41) is 2.69. The fourth-order valence-electron chi connectivity index (χ4n) is 2.77. The van der Waals surface area contributed by atoms with Gasteiger partial charge in [0, 0.05) is 31.5 Å². The molecule has 1 N–H and O–H groups in total. The molecule has 0 aliphatic carbocycles. The Balaban J connectivity index is 1.79. The number of carbonyl (C=O) groups is 2. The van der Waals surface area contributed by atoms with Crippen molar-refractivity contribution in [3.8, 4) is 0 Å². The zero-order chi connectivity index (χ0) is 16.2. The topological polar surface area (TPSA) is 62.6 Å². The van der Waals surface area contributed by atoms with E-state index in [1.807, 2.05) is 0 Å². The summed E-state index contributed by atoms with van der Waals surface area (Å²) in [6.45, 7) is 0.734. The van der Waals surface area contributed by atoms with Gasteiger partial charge in [-0.05, 0) is 18.2 Å². The molecule has 3 rings (SSSR count). The largest absolute Gasteiger partial charge is 0.469 e. The first-order valence-corrected chi connectivity index (χ1v) is 7.51. The number of piperazine rings is 1. The van der Waals surface area contributed by atoms with Crippen molar-refractivity contribution in [2.24, 2.45) is 0 Å². The number of amides is 2. The molecule has 2 aromatic rings. The van der Waals surface area contributed by atoms with Crippen LogP contribution in [0.1, 0.15) is 23.8 Å². The second-order valence-corrected chi connectivity index (χ2v) is 5.38. The van der Waals surface area contributed by atoms with E-state index in [1.54, 1.807) is 30.5 Å². The third-order valence-electron chi connectivity index (χ3n) is 3.90. The van der Waals surface area contributed by atoms with Gasteiger partial charge in [-0.15, -0.1) is 0 Å². The summed E-state index contributed by atoms with van der Waals surface area (Å²) in [4.78, 5) is 26.2. The zero-order valence-electron chi connectivity index (χ0n) is 12.5. The van der Waals surface area contributed by atoms with Gasteiger partial charge in [0.1, 0.15) is 17.6 Å². The second-order valence-electron chi connectivity index (χ2n) is 5.38. The van der Waals surface area contributed by atoms with Crippen LogP contribution in [0.4, 0.5) is 4.39 Å². The standard InChI is InChI=1S/C17H17FN2O3/c18-14-6-2-1-5-13(14)16-17(22)19-9-10-20(16)15(21)8-7-12-4-3-11-23-12/h1-6,11,16H,7-10H2,(H,19,22). The van der Waals surface area contributed by atoms with Crippen LogP contribution >= 0.6 is 0 Å². The number of nitrogens with zero attached hydrogens (tertiary/aromatic N) is 1. The summed E-state index contributed by atoms with van der Waals surface area (Å²) >= 11 is 0. The maximum Gasteiger partial charge on any atom is 0.247 e. The molecule has 1 fully saturated rings. The normalized spacial score (nSPS) is 17.9. The van der Waals surface area contributed by atoms with Gasteiger partial charge < -0.3 is 14.6 Å². The molecule has 23 heavy (non-hydrogen) atoms. The van der Waals surface area contributed by atoms with E-state index in [0.717, 1.165) is 0 Å². The average molecular weight is 316 g/mol. The number of carbonyl (C=O) groups excluding carboxylic acids is 2. The van der Waals surface area contributed by atoms with Crippen LogP contribution in [0.5, 0.6) is 0 Å². The van der Waals surface area contributed by atoms with Gasteiger partial charge in [0.15, 0.2) is 0 Å². The Morgan fingerprint density at radius 2 is 2.13 bits per heavy atom. The zero-order valence-corrected chi connectivity index (χ0v) is 12.5. The minimum absolute atomic E-state index is 0.190. The van der Waals surface area contributed by atoms with Gasteiger partial charge >= 0.3 is 0 Å². The molecule has 1 aliphatic rings. The lowest BCUT2D eigenvalue weighted by Gasteiger charge is -2.35. The van der Waals surface area contributed by atoms with Crippen molar-refractivity contribution in [1.29, 1.82) is 0 Å². The third kappa shape index (κ3) is 3.26. The molecule has 0 saturated carbocycles. The predicted molar refractivity (Wildman–Crippen MR) is 80.9 cm³/mol. The highest BCUT2D eigenvalue weighted by atomic mass is 19.1. The number of furan rings is 1. The molecule has 1 unspecified atom stereocenters. The van der Waals surface area contributed by atoms with Crippen molar-refractivity contribution in [3.05, 3.63) is 59.8 Å². The van der Waals surface area contributed by atoms with Crippen molar-refractivity contribution in [1.82, 2.24) is 10.2 Å². The minimum Gasteiger partial charge on any atom is -0.469 e. The number of halogens is 1. The number of rotatable bonds is 4. The van der Waals surface area contributed by atoms with E-state index in [0.29, 0.717) is 25.3 Å². The molecule has 120 valence electrons. The Morgan fingerprint density at radius 1 is 1.30 bits per heavy atom. The van der Waals surface area contributed by atoms with E-state index < -0.39 is 11.9 Å². The molecule has 2 heterocycles. The fourth-order valence-corrected chi connectivity index (χ4v) is 2.77. The molecule has 1 aromatic heterocycles. The van der Waals surface area contributed by atoms with Gasteiger partial charge in [-0.1, -0.05) is 18.2 Å². The number of benzene rings is 1. The van der Waals surface area contributed by atoms with Gasteiger partial charge in [-0.2, -0.15) is 0 Å². The van der Waals surface area contributed by atoms with Crippen molar-refractivity contribution in [2.45, 2.75) is 18.9 Å². The maximum absolute atomic E-state index is 14.1. The quantitative estimate of drug-likeness (QED) is 0.939. The van der Waals surface area contributed by atoms with E-state index in [-0.39, 0.29) is 23.8 Å². The van der Waals surface area contributed by atoms with E-state index in [2.05, 4.69) is 5.32 Å². The molecule has 0 spiro atoms. The van der Waals surface area contributed by atoms with Gasteiger partial charge in [0.25, 0.3) is 0 Å². The van der Waals surface area contributed by atoms with Crippen LogP contribution in [0.2, 0.25) is 0 Å². The van der Waals surface area contributed by atoms with Crippen LogP contribution in [0, 0.1) is 5.82 Å². The van der Waals surface area contributed by atoms with Crippen molar-refractivity contribution < 1.29 is 18.4 Å². The summed E-state index contributed by atoms with van der Waals surface area (Å²) in [5.74, 6) is -0.321. The molecule has 1 saturated heterocycles. The Morgan fingerprint density at radius 3 is 2.87 bits per heavy atom. The van der Waals surface area contributed by atoms with Crippen LogP contribution in [0.15, 0.2) is 47.1 Å². The lowest BCUT2D eigenvalue weighted by molar-refractivity contribution is -0.143. The van der Waals surface area contributed by atoms with E-state index in [4.69, 9.17) is 4.42 Å². The Hall–Kier alpha value is -2.63. The Labute approximate surface area is 133 Å². The first-order valence-electron chi connectivity index (χ1n) is 7.51. The monoisotopic (exact) mass is 316 g/mol. The molecule has 1 atom stereocenters. The smallest absolute Gasteiger partial charge is 0.247 e. The van der Waals surface area contributed by atoms with Crippen LogP contribution < -0.4 is 5.32 Å². The highest BCUT2D eigenvalue weighted by Crippen LogP contribution is 2.26. The predicted octanol–water partition coefficient (Wildman–Crippen LogP) is 2.05. The van der Waals surface area contributed by atoms with Crippen LogP contribution in [-0.4, -0.2) is 29.8 Å². The highest BCUT2D eigenvalue weighted by molar-refractivity contribution is 5.89. The molecule has 0 radical (unpaired) electrons. The van der Waals surface area contributed by atoms with Crippen LogP contribution in [0.3, 0.4) is 0 Å². The van der Waals surface area contributed by atoms with Gasteiger partial charge in [-0.25, -0.2) is 4.39 Å². The molecule has 2 amide bonds.